The van der Waals surface area contributed by atoms with Crippen LogP contribution in [0.5, 0.6) is 0 Å². The van der Waals surface area contributed by atoms with Crippen LogP contribution in [0.25, 0.3) is 0 Å². The summed E-state index contributed by atoms with van der Waals surface area (Å²) in [7, 11) is 4.16. The minimum Gasteiger partial charge on any atom is -0.326 e. The van der Waals surface area contributed by atoms with Gasteiger partial charge in [-0.15, -0.1) is 0 Å². The van der Waals surface area contributed by atoms with E-state index in [1.807, 2.05) is 30.4 Å². The van der Waals surface area contributed by atoms with Crippen molar-refractivity contribution in [3.63, 3.8) is 0 Å². The fraction of sp³-hybridized carbons (Fsp3) is 0.750. The molecule has 0 aliphatic carbocycles. The van der Waals surface area contributed by atoms with E-state index in [0.717, 1.165) is 28.9 Å². The topological polar surface area (TPSA) is 47.1 Å². The van der Waals surface area contributed by atoms with Crippen molar-refractivity contribution >= 4 is 27.7 Å². The van der Waals surface area contributed by atoms with E-state index in [9.17, 15) is 0 Å². The molecular formula is C12H21BrN4S. The smallest absolute Gasteiger partial charge is 0.0738 e. The Bertz CT molecular complexity index is 420. The Morgan fingerprint density at radius 3 is 2.83 bits per heavy atom. The number of thioether (sulfide) groups is 1. The second kappa shape index (κ2) is 5.94. The zero-order valence-corrected chi connectivity index (χ0v) is 13.6. The molecule has 2 unspecified atom stereocenters. The van der Waals surface area contributed by atoms with Crippen molar-refractivity contribution in [3.05, 3.63) is 15.9 Å². The lowest BCUT2D eigenvalue weighted by molar-refractivity contribution is 0.234. The van der Waals surface area contributed by atoms with E-state index in [2.05, 4.69) is 33.0 Å². The molecule has 0 bridgehead atoms. The number of hydrogen-bond acceptors (Lipinski definition) is 4. The van der Waals surface area contributed by atoms with Crippen molar-refractivity contribution in [2.24, 2.45) is 12.8 Å². The first-order chi connectivity index (χ1) is 8.50. The van der Waals surface area contributed by atoms with Crippen LogP contribution in [0.1, 0.15) is 11.4 Å². The van der Waals surface area contributed by atoms with Crippen LogP contribution >= 0.6 is 27.7 Å². The van der Waals surface area contributed by atoms with Crippen molar-refractivity contribution < 1.29 is 0 Å². The highest BCUT2D eigenvalue weighted by molar-refractivity contribution is 9.10. The van der Waals surface area contributed by atoms with Crippen molar-refractivity contribution in [2.75, 3.05) is 25.1 Å². The van der Waals surface area contributed by atoms with Crippen molar-refractivity contribution in [1.82, 2.24) is 14.7 Å². The number of aryl methyl sites for hydroxylation is 2. The maximum Gasteiger partial charge on any atom is 0.0738 e. The predicted molar refractivity (Wildman–Crippen MR) is 81.1 cm³/mol. The molecule has 0 radical (unpaired) electrons. The summed E-state index contributed by atoms with van der Waals surface area (Å²) in [6.07, 6.45) is 0.869. The summed E-state index contributed by atoms with van der Waals surface area (Å²) in [6, 6.07) is 0.625. The van der Waals surface area contributed by atoms with Gasteiger partial charge in [0.1, 0.15) is 0 Å². The van der Waals surface area contributed by atoms with Gasteiger partial charge in [0, 0.05) is 43.6 Å². The molecule has 2 rings (SSSR count). The Balaban J connectivity index is 2.08. The summed E-state index contributed by atoms with van der Waals surface area (Å²) in [5, 5.41) is 4.42. The molecule has 1 aliphatic rings. The largest absolute Gasteiger partial charge is 0.326 e. The van der Waals surface area contributed by atoms with Crippen LogP contribution in [0.2, 0.25) is 0 Å². The molecule has 0 spiro atoms. The van der Waals surface area contributed by atoms with E-state index in [1.165, 1.54) is 11.4 Å². The SMILES string of the molecule is Cc1nn(C)c(CC(N)C2CSCCN2C)c1Br. The number of halogens is 1. The van der Waals surface area contributed by atoms with Crippen LogP contribution in [-0.4, -0.2) is 51.9 Å². The zero-order valence-electron chi connectivity index (χ0n) is 11.2. The third-order valence-electron chi connectivity index (χ3n) is 3.63. The van der Waals surface area contributed by atoms with Gasteiger partial charge in [-0.05, 0) is 29.9 Å². The van der Waals surface area contributed by atoms with Crippen molar-refractivity contribution in [3.8, 4) is 0 Å². The van der Waals surface area contributed by atoms with Crippen LogP contribution in [0.4, 0.5) is 0 Å². The number of rotatable bonds is 3. The molecule has 0 saturated carbocycles. The molecule has 1 fully saturated rings. The molecule has 2 heterocycles. The second-order valence-corrected chi connectivity index (χ2v) is 6.90. The first-order valence-corrected chi connectivity index (χ1v) is 8.17. The third kappa shape index (κ3) is 2.92. The molecule has 2 atom stereocenters. The second-order valence-electron chi connectivity index (χ2n) is 4.96. The molecule has 1 aliphatic heterocycles. The minimum atomic E-state index is 0.161. The Hall–Kier alpha value is -0.0400. The third-order valence-corrected chi connectivity index (χ3v) is 5.71. The van der Waals surface area contributed by atoms with E-state index in [-0.39, 0.29) is 6.04 Å². The van der Waals surface area contributed by atoms with Gasteiger partial charge in [0.2, 0.25) is 0 Å². The molecule has 6 heteroatoms. The van der Waals surface area contributed by atoms with Crippen LogP contribution in [-0.2, 0) is 13.5 Å². The summed E-state index contributed by atoms with van der Waals surface area (Å²) in [6.45, 7) is 3.15. The average Bonchev–Trinajstić information content (AvgIpc) is 2.56. The van der Waals surface area contributed by atoms with Crippen LogP contribution in [0.15, 0.2) is 4.47 Å². The Labute approximate surface area is 121 Å². The van der Waals surface area contributed by atoms with E-state index in [0.29, 0.717) is 6.04 Å². The van der Waals surface area contributed by atoms with E-state index in [1.54, 1.807) is 0 Å². The summed E-state index contributed by atoms with van der Waals surface area (Å²) in [5.41, 5.74) is 8.63. The highest BCUT2D eigenvalue weighted by Gasteiger charge is 2.27. The van der Waals surface area contributed by atoms with Crippen LogP contribution in [0, 0.1) is 6.92 Å². The maximum absolute atomic E-state index is 6.40. The van der Waals surface area contributed by atoms with E-state index in [4.69, 9.17) is 5.73 Å². The Kier molecular flexibility index (Phi) is 4.75. The molecule has 102 valence electrons. The molecule has 1 aromatic rings. The number of nitrogens with zero attached hydrogens (tertiary/aromatic N) is 3. The van der Waals surface area contributed by atoms with Gasteiger partial charge >= 0.3 is 0 Å². The molecule has 1 aromatic heterocycles. The van der Waals surface area contributed by atoms with Gasteiger partial charge in [0.05, 0.1) is 15.9 Å². The predicted octanol–water partition coefficient (Wildman–Crippen LogP) is 1.41. The lowest BCUT2D eigenvalue weighted by atomic mass is 10.0. The van der Waals surface area contributed by atoms with Crippen LogP contribution in [0.3, 0.4) is 0 Å². The van der Waals surface area contributed by atoms with Gasteiger partial charge in [-0.25, -0.2) is 0 Å². The molecule has 4 nitrogen and oxygen atoms in total. The number of likely N-dealkylation sites (N-methyl/N-ethyl adjacent to an activating group) is 1. The van der Waals surface area contributed by atoms with Gasteiger partial charge in [0.15, 0.2) is 0 Å². The number of nitrogens with two attached hydrogens (primary N) is 1. The first-order valence-electron chi connectivity index (χ1n) is 6.22. The summed E-state index contributed by atoms with van der Waals surface area (Å²) in [4.78, 5) is 2.39. The number of aromatic nitrogens is 2. The minimum absolute atomic E-state index is 0.161. The highest BCUT2D eigenvalue weighted by Crippen LogP contribution is 2.24. The molecule has 0 aromatic carbocycles. The molecule has 18 heavy (non-hydrogen) atoms. The molecule has 0 amide bonds. The lowest BCUT2D eigenvalue weighted by Gasteiger charge is -2.36. The van der Waals surface area contributed by atoms with Gasteiger partial charge in [-0.3, -0.25) is 4.68 Å². The van der Waals surface area contributed by atoms with Crippen molar-refractivity contribution in [2.45, 2.75) is 25.4 Å². The fourth-order valence-electron chi connectivity index (χ4n) is 2.42. The normalized spacial score (nSPS) is 23.3. The first kappa shape index (κ1) is 14.4. The van der Waals surface area contributed by atoms with Crippen molar-refractivity contribution in [1.29, 1.82) is 0 Å². The monoisotopic (exact) mass is 332 g/mol. The molecule has 1 saturated heterocycles. The van der Waals surface area contributed by atoms with Crippen LogP contribution < -0.4 is 5.73 Å². The molecular weight excluding hydrogens is 312 g/mol. The van der Waals surface area contributed by atoms with Gasteiger partial charge < -0.3 is 10.6 Å². The van der Waals surface area contributed by atoms with Gasteiger partial charge in [0.25, 0.3) is 0 Å². The zero-order chi connectivity index (χ0) is 13.3. The lowest BCUT2D eigenvalue weighted by Crippen LogP contribution is -2.51. The summed E-state index contributed by atoms with van der Waals surface area (Å²) in [5.74, 6) is 2.35. The van der Waals surface area contributed by atoms with Gasteiger partial charge in [-0.2, -0.15) is 16.9 Å². The Morgan fingerprint density at radius 2 is 2.28 bits per heavy atom. The maximum atomic E-state index is 6.40. The summed E-state index contributed by atoms with van der Waals surface area (Å²) < 4.78 is 3.04. The summed E-state index contributed by atoms with van der Waals surface area (Å²) >= 11 is 5.61. The van der Waals surface area contributed by atoms with E-state index < -0.39 is 0 Å². The number of hydrogen-bond donors (Lipinski definition) is 1. The van der Waals surface area contributed by atoms with E-state index >= 15 is 0 Å². The molecule has 2 N–H and O–H groups in total. The Morgan fingerprint density at radius 1 is 1.56 bits per heavy atom. The highest BCUT2D eigenvalue weighted by atomic mass is 79.9. The van der Waals surface area contributed by atoms with Gasteiger partial charge in [-0.1, -0.05) is 0 Å². The standard InChI is InChI=1S/C12H21BrN4S/c1-8-12(13)10(17(3)15-8)6-9(14)11-7-18-5-4-16(11)2/h9,11H,4-7,14H2,1-3H3. The average molecular weight is 333 g/mol. The quantitative estimate of drug-likeness (QED) is 0.909. The fourth-order valence-corrected chi connectivity index (χ4v) is 4.24.